The predicted octanol–water partition coefficient (Wildman–Crippen LogP) is 2.65. The number of amides is 1. The molecule has 6 nitrogen and oxygen atoms in total. The third-order valence-corrected chi connectivity index (χ3v) is 4.56. The van der Waals surface area contributed by atoms with Gasteiger partial charge in [-0.2, -0.15) is 0 Å². The zero-order valence-electron chi connectivity index (χ0n) is 12.9. The summed E-state index contributed by atoms with van der Waals surface area (Å²) in [5.41, 5.74) is 5.18. The number of benzene rings is 1. The highest BCUT2D eigenvalue weighted by atomic mass is 79.9. The number of aromatic nitrogens is 3. The van der Waals surface area contributed by atoms with E-state index >= 15 is 0 Å². The topological polar surface area (TPSA) is 83.0 Å². The molecule has 0 saturated carbocycles. The molecule has 0 bridgehead atoms. The van der Waals surface area contributed by atoms with E-state index in [1.807, 2.05) is 35.8 Å². The van der Waals surface area contributed by atoms with Crippen molar-refractivity contribution in [2.45, 2.75) is 31.5 Å². The van der Waals surface area contributed by atoms with Gasteiger partial charge >= 0.3 is 0 Å². The van der Waals surface area contributed by atoms with E-state index in [1.165, 1.54) is 0 Å². The molecule has 0 aliphatic heterocycles. The van der Waals surface area contributed by atoms with Crippen molar-refractivity contribution in [2.75, 3.05) is 12.4 Å². The van der Waals surface area contributed by atoms with Crippen LogP contribution in [0.2, 0.25) is 0 Å². The van der Waals surface area contributed by atoms with Crippen LogP contribution in [0, 0.1) is 0 Å². The Morgan fingerprint density at radius 3 is 2.74 bits per heavy atom. The average Bonchev–Trinajstić information content (AvgIpc) is 2.93. The third-order valence-electron chi connectivity index (χ3n) is 3.10. The largest absolute Gasteiger partial charge is 0.493 e. The van der Waals surface area contributed by atoms with Crippen molar-refractivity contribution in [1.29, 1.82) is 0 Å². The first kappa shape index (κ1) is 17.8. The van der Waals surface area contributed by atoms with E-state index in [1.54, 1.807) is 11.8 Å². The minimum atomic E-state index is -0.326. The van der Waals surface area contributed by atoms with Crippen LogP contribution in [0.5, 0.6) is 5.75 Å². The second-order valence-electron chi connectivity index (χ2n) is 4.76. The number of halogens is 1. The Kier molecular flexibility index (Phi) is 6.91. The highest BCUT2D eigenvalue weighted by molar-refractivity contribution is 9.10. The number of ether oxygens (including phenoxy) is 1. The van der Waals surface area contributed by atoms with Gasteiger partial charge in [0.1, 0.15) is 11.6 Å². The summed E-state index contributed by atoms with van der Waals surface area (Å²) in [4.78, 5) is 10.9. The normalized spacial score (nSPS) is 10.7. The quantitative estimate of drug-likeness (QED) is 0.518. The molecule has 0 unspecified atom stereocenters. The number of carbonyl (C=O) groups is 1. The maximum absolute atomic E-state index is 10.9. The van der Waals surface area contributed by atoms with Gasteiger partial charge in [0.15, 0.2) is 5.16 Å². The number of primary amides is 1. The van der Waals surface area contributed by atoms with Crippen LogP contribution in [0.25, 0.3) is 0 Å². The summed E-state index contributed by atoms with van der Waals surface area (Å²) in [6.07, 6.45) is 0.807. The van der Waals surface area contributed by atoms with Gasteiger partial charge in [-0.15, -0.1) is 10.2 Å². The summed E-state index contributed by atoms with van der Waals surface area (Å²) in [5.74, 6) is 2.08. The summed E-state index contributed by atoms with van der Waals surface area (Å²) in [6.45, 7) is 3.37. The van der Waals surface area contributed by atoms with E-state index in [9.17, 15) is 4.79 Å². The molecule has 1 aromatic carbocycles. The van der Waals surface area contributed by atoms with Crippen LogP contribution in [0.15, 0.2) is 33.9 Å². The van der Waals surface area contributed by atoms with Crippen molar-refractivity contribution in [3.8, 4) is 5.75 Å². The lowest BCUT2D eigenvalue weighted by atomic mass is 10.3. The molecule has 0 atom stereocenters. The zero-order chi connectivity index (χ0) is 16.7. The van der Waals surface area contributed by atoms with Crippen molar-refractivity contribution in [3.63, 3.8) is 0 Å². The van der Waals surface area contributed by atoms with Crippen LogP contribution in [-0.4, -0.2) is 33.0 Å². The number of nitrogens with two attached hydrogens (primary N) is 1. The van der Waals surface area contributed by atoms with Gasteiger partial charge in [-0.3, -0.25) is 4.79 Å². The van der Waals surface area contributed by atoms with E-state index in [4.69, 9.17) is 10.5 Å². The Morgan fingerprint density at radius 2 is 2.09 bits per heavy atom. The second kappa shape index (κ2) is 8.93. The van der Waals surface area contributed by atoms with Crippen LogP contribution < -0.4 is 10.5 Å². The lowest BCUT2D eigenvalue weighted by Gasteiger charge is -2.08. The summed E-state index contributed by atoms with van der Waals surface area (Å²) >= 11 is 4.98. The van der Waals surface area contributed by atoms with E-state index in [0.29, 0.717) is 13.0 Å². The van der Waals surface area contributed by atoms with Crippen LogP contribution in [0.3, 0.4) is 0 Å². The first-order valence-electron chi connectivity index (χ1n) is 7.31. The summed E-state index contributed by atoms with van der Waals surface area (Å²) in [5, 5.41) is 9.17. The summed E-state index contributed by atoms with van der Waals surface area (Å²) in [6, 6.07) is 7.73. The lowest BCUT2D eigenvalue weighted by molar-refractivity contribution is -0.118. The second-order valence-corrected chi connectivity index (χ2v) is 6.74. The van der Waals surface area contributed by atoms with Crippen molar-refractivity contribution >= 4 is 33.6 Å². The summed E-state index contributed by atoms with van der Waals surface area (Å²) in [7, 11) is 0. The lowest BCUT2D eigenvalue weighted by Crippen LogP contribution is -2.13. The minimum Gasteiger partial charge on any atom is -0.493 e. The van der Waals surface area contributed by atoms with E-state index in [2.05, 4.69) is 26.1 Å². The Balaban J connectivity index is 1.83. The smallest absolute Gasteiger partial charge is 0.217 e. The van der Waals surface area contributed by atoms with Gasteiger partial charge < -0.3 is 15.0 Å². The monoisotopic (exact) mass is 398 g/mol. The number of aryl methyl sites for hydroxylation is 1. The van der Waals surface area contributed by atoms with Crippen molar-refractivity contribution in [1.82, 2.24) is 14.8 Å². The van der Waals surface area contributed by atoms with Gasteiger partial charge in [0, 0.05) is 29.6 Å². The highest BCUT2D eigenvalue weighted by Gasteiger charge is 2.12. The van der Waals surface area contributed by atoms with E-state index < -0.39 is 0 Å². The molecule has 124 valence electrons. The van der Waals surface area contributed by atoms with Gasteiger partial charge in [0.05, 0.1) is 6.61 Å². The molecule has 23 heavy (non-hydrogen) atoms. The van der Waals surface area contributed by atoms with Crippen LogP contribution in [0.1, 0.15) is 19.2 Å². The predicted molar refractivity (Wildman–Crippen MR) is 93.6 cm³/mol. The minimum absolute atomic E-state index is 0.287. The molecule has 0 saturated heterocycles. The Labute approximate surface area is 147 Å². The van der Waals surface area contributed by atoms with E-state index in [-0.39, 0.29) is 12.3 Å². The molecule has 0 fully saturated rings. The zero-order valence-corrected chi connectivity index (χ0v) is 15.3. The highest BCUT2D eigenvalue weighted by Crippen LogP contribution is 2.19. The fourth-order valence-electron chi connectivity index (χ4n) is 1.99. The number of hydrogen-bond donors (Lipinski definition) is 1. The molecule has 1 amide bonds. The molecule has 2 rings (SSSR count). The molecular formula is C15H19BrN4O2S. The molecule has 2 N–H and O–H groups in total. The van der Waals surface area contributed by atoms with Gasteiger partial charge in [-0.1, -0.05) is 27.7 Å². The molecule has 0 radical (unpaired) electrons. The molecule has 0 aliphatic rings. The van der Waals surface area contributed by atoms with Gasteiger partial charge in [-0.25, -0.2) is 0 Å². The molecule has 1 heterocycles. The van der Waals surface area contributed by atoms with Crippen LogP contribution in [0.4, 0.5) is 0 Å². The molecule has 1 aromatic heterocycles. The number of carbonyl (C=O) groups excluding carboxylic acids is 1. The molecule has 8 heteroatoms. The Morgan fingerprint density at radius 1 is 1.35 bits per heavy atom. The Bertz CT molecular complexity index is 645. The molecule has 0 spiro atoms. The fourth-order valence-corrected chi connectivity index (χ4v) is 3.09. The van der Waals surface area contributed by atoms with Crippen LogP contribution in [-0.2, 0) is 17.8 Å². The number of rotatable bonds is 9. The average molecular weight is 399 g/mol. The fraction of sp³-hybridized carbons (Fsp3) is 0.400. The molecule has 2 aromatic rings. The van der Waals surface area contributed by atoms with Crippen molar-refractivity contribution in [3.05, 3.63) is 34.6 Å². The number of thioether (sulfide) groups is 1. The maximum atomic E-state index is 10.9. The molecular weight excluding hydrogens is 380 g/mol. The first-order valence-corrected chi connectivity index (χ1v) is 9.09. The van der Waals surface area contributed by atoms with Gasteiger partial charge in [0.25, 0.3) is 0 Å². The molecule has 0 aliphatic carbocycles. The number of hydrogen-bond acceptors (Lipinski definition) is 5. The SMILES string of the molecule is CCn1c(CCC(N)=O)nnc1SCCOc1ccc(Br)cc1. The first-order chi connectivity index (χ1) is 11.1. The number of nitrogens with zero attached hydrogens (tertiary/aromatic N) is 3. The standard InChI is InChI=1S/C15H19BrN4O2S/c1-2-20-14(8-7-13(17)21)18-19-15(20)23-10-9-22-12-5-3-11(16)4-6-12/h3-6H,2,7-10H2,1H3,(H2,17,21). The van der Waals surface area contributed by atoms with E-state index in [0.717, 1.165) is 33.5 Å². The van der Waals surface area contributed by atoms with Crippen molar-refractivity contribution < 1.29 is 9.53 Å². The van der Waals surface area contributed by atoms with Crippen LogP contribution >= 0.6 is 27.7 Å². The van der Waals surface area contributed by atoms with Crippen molar-refractivity contribution in [2.24, 2.45) is 5.73 Å². The third kappa shape index (κ3) is 5.54. The Hall–Kier alpha value is -1.54. The maximum Gasteiger partial charge on any atom is 0.217 e. The summed E-state index contributed by atoms with van der Waals surface area (Å²) < 4.78 is 8.72. The van der Waals surface area contributed by atoms with Gasteiger partial charge in [-0.05, 0) is 31.2 Å². The van der Waals surface area contributed by atoms with Gasteiger partial charge in [0.2, 0.25) is 5.91 Å².